The Labute approximate surface area is 104 Å². The van der Waals surface area contributed by atoms with Crippen molar-refractivity contribution in [2.45, 2.75) is 25.3 Å². The van der Waals surface area contributed by atoms with E-state index in [0.29, 0.717) is 26.1 Å². The molecule has 0 aromatic heterocycles. The fourth-order valence-corrected chi connectivity index (χ4v) is 2.21. The summed E-state index contributed by atoms with van der Waals surface area (Å²) in [5.41, 5.74) is -0.887. The predicted molar refractivity (Wildman–Crippen MR) is 59.7 cm³/mol. The van der Waals surface area contributed by atoms with Crippen LogP contribution in [0.3, 0.4) is 0 Å². The van der Waals surface area contributed by atoms with E-state index in [-0.39, 0.29) is 19.1 Å². The number of amides is 3. The molecule has 0 aromatic carbocycles. The molecule has 0 aromatic rings. The van der Waals surface area contributed by atoms with E-state index >= 15 is 0 Å². The number of nitrogens with zero attached hydrogens (tertiary/aromatic N) is 1. The summed E-state index contributed by atoms with van der Waals surface area (Å²) in [6, 6.07) is -0.532. The van der Waals surface area contributed by atoms with E-state index in [1.54, 1.807) is 6.92 Å². The lowest BCUT2D eigenvalue weighted by Crippen LogP contribution is -2.51. The highest BCUT2D eigenvalue weighted by Gasteiger charge is 2.52. The molecule has 0 saturated carbocycles. The fourth-order valence-electron chi connectivity index (χ4n) is 2.21. The molecule has 2 aliphatic rings. The number of carbonyl (C=O) groups is 3. The Kier molecular flexibility index (Phi) is 3.51. The Morgan fingerprint density at radius 2 is 2.11 bits per heavy atom. The zero-order valence-corrected chi connectivity index (χ0v) is 10.2. The summed E-state index contributed by atoms with van der Waals surface area (Å²) in [6.45, 7) is 2.42. The zero-order valence-electron chi connectivity index (χ0n) is 10.2. The van der Waals surface area contributed by atoms with Crippen molar-refractivity contribution in [2.75, 3.05) is 26.4 Å². The van der Waals surface area contributed by atoms with Gasteiger partial charge in [0, 0.05) is 26.1 Å². The Morgan fingerprint density at radius 3 is 2.72 bits per heavy atom. The van der Waals surface area contributed by atoms with Gasteiger partial charge in [-0.15, -0.1) is 0 Å². The smallest absolute Gasteiger partial charge is 0.326 e. The van der Waals surface area contributed by atoms with Crippen LogP contribution in [-0.4, -0.2) is 54.7 Å². The number of ether oxygens (including phenoxy) is 2. The van der Waals surface area contributed by atoms with Crippen LogP contribution in [0.5, 0.6) is 0 Å². The van der Waals surface area contributed by atoms with E-state index < -0.39 is 17.5 Å². The number of hydrogen-bond donors (Lipinski definition) is 1. The maximum atomic E-state index is 12.2. The van der Waals surface area contributed by atoms with Crippen LogP contribution < -0.4 is 5.32 Å². The van der Waals surface area contributed by atoms with Gasteiger partial charge in [0.05, 0.1) is 6.61 Å². The maximum absolute atomic E-state index is 12.2. The first-order valence-corrected chi connectivity index (χ1v) is 5.96. The van der Waals surface area contributed by atoms with Gasteiger partial charge in [0.1, 0.15) is 12.1 Å². The van der Waals surface area contributed by atoms with Crippen molar-refractivity contribution in [3.8, 4) is 0 Å². The van der Waals surface area contributed by atoms with Crippen LogP contribution in [-0.2, 0) is 19.1 Å². The molecule has 0 bridgehead atoms. The van der Waals surface area contributed by atoms with Crippen molar-refractivity contribution in [1.82, 2.24) is 10.2 Å². The summed E-state index contributed by atoms with van der Waals surface area (Å²) in [7, 11) is 0. The summed E-state index contributed by atoms with van der Waals surface area (Å²) >= 11 is 0. The van der Waals surface area contributed by atoms with Crippen molar-refractivity contribution in [2.24, 2.45) is 0 Å². The van der Waals surface area contributed by atoms with Gasteiger partial charge in [0.2, 0.25) is 0 Å². The second-order valence-electron chi connectivity index (χ2n) is 4.32. The maximum Gasteiger partial charge on any atom is 0.326 e. The van der Waals surface area contributed by atoms with Crippen molar-refractivity contribution in [1.29, 1.82) is 0 Å². The Balaban J connectivity index is 2.07. The van der Waals surface area contributed by atoms with Crippen molar-refractivity contribution in [3.63, 3.8) is 0 Å². The number of hydrogen-bond acceptors (Lipinski definition) is 5. The highest BCUT2D eigenvalue weighted by Crippen LogP contribution is 2.28. The van der Waals surface area contributed by atoms with E-state index in [1.165, 1.54) is 0 Å². The number of rotatable bonds is 3. The van der Waals surface area contributed by atoms with Gasteiger partial charge in [-0.1, -0.05) is 0 Å². The highest BCUT2D eigenvalue weighted by molar-refractivity contribution is 6.08. The van der Waals surface area contributed by atoms with Crippen LogP contribution in [0.2, 0.25) is 0 Å². The van der Waals surface area contributed by atoms with Crippen LogP contribution in [0.4, 0.5) is 4.79 Å². The molecule has 18 heavy (non-hydrogen) atoms. The molecule has 0 aliphatic carbocycles. The third-order valence-corrected chi connectivity index (χ3v) is 3.18. The van der Waals surface area contributed by atoms with Gasteiger partial charge in [-0.25, -0.2) is 4.79 Å². The van der Waals surface area contributed by atoms with Gasteiger partial charge >= 0.3 is 12.0 Å². The molecule has 2 heterocycles. The summed E-state index contributed by atoms with van der Waals surface area (Å²) in [5, 5.41) is 2.67. The lowest BCUT2D eigenvalue weighted by atomic mass is 9.90. The molecule has 2 saturated heterocycles. The average Bonchev–Trinajstić information content (AvgIpc) is 2.55. The van der Waals surface area contributed by atoms with E-state index in [9.17, 15) is 14.4 Å². The number of carbonyl (C=O) groups excluding carboxylic acids is 3. The molecule has 1 N–H and O–H groups in total. The summed E-state index contributed by atoms with van der Waals surface area (Å²) < 4.78 is 9.92. The molecule has 3 amide bonds. The van der Waals surface area contributed by atoms with Crippen molar-refractivity contribution in [3.05, 3.63) is 0 Å². The molecule has 0 unspecified atom stereocenters. The summed E-state index contributed by atoms with van der Waals surface area (Å²) in [6.07, 6.45) is 0.883. The van der Waals surface area contributed by atoms with Gasteiger partial charge in [-0.05, 0) is 6.92 Å². The first kappa shape index (κ1) is 12.8. The zero-order chi connectivity index (χ0) is 13.2. The number of imide groups is 1. The Morgan fingerprint density at radius 1 is 1.44 bits per heavy atom. The molecule has 2 rings (SSSR count). The van der Waals surface area contributed by atoms with Crippen LogP contribution in [0, 0.1) is 0 Å². The SMILES string of the molecule is CCOC(=O)CN1C(=O)NC2(CCOCC2)C1=O. The standard InChI is InChI=1S/C11H16N2O5/c1-2-18-8(14)7-13-9(15)11(12-10(13)16)3-5-17-6-4-11/h2-7H2,1H3,(H,12,16). The van der Waals surface area contributed by atoms with E-state index in [1.807, 2.05) is 0 Å². The van der Waals surface area contributed by atoms with Gasteiger partial charge in [0.15, 0.2) is 0 Å². The largest absolute Gasteiger partial charge is 0.465 e. The minimum Gasteiger partial charge on any atom is -0.465 e. The average molecular weight is 256 g/mol. The van der Waals surface area contributed by atoms with E-state index in [2.05, 4.69) is 5.32 Å². The molecule has 0 radical (unpaired) electrons. The van der Waals surface area contributed by atoms with Gasteiger partial charge in [-0.2, -0.15) is 0 Å². The van der Waals surface area contributed by atoms with E-state index in [0.717, 1.165) is 4.90 Å². The lowest BCUT2D eigenvalue weighted by Gasteiger charge is -2.30. The molecule has 2 fully saturated rings. The third kappa shape index (κ3) is 2.17. The second kappa shape index (κ2) is 4.93. The molecular formula is C11H16N2O5. The molecule has 7 heteroatoms. The fraction of sp³-hybridized carbons (Fsp3) is 0.727. The van der Waals surface area contributed by atoms with Crippen molar-refractivity contribution < 1.29 is 23.9 Å². The lowest BCUT2D eigenvalue weighted by molar-refractivity contribution is -0.148. The van der Waals surface area contributed by atoms with Gasteiger partial charge in [-0.3, -0.25) is 14.5 Å². The summed E-state index contributed by atoms with van der Waals surface area (Å²) in [4.78, 5) is 36.2. The number of urea groups is 1. The number of nitrogens with one attached hydrogen (secondary N) is 1. The highest BCUT2D eigenvalue weighted by atomic mass is 16.5. The molecule has 1 spiro atoms. The third-order valence-electron chi connectivity index (χ3n) is 3.18. The normalized spacial score (nSPS) is 22.2. The van der Waals surface area contributed by atoms with E-state index in [4.69, 9.17) is 9.47 Å². The predicted octanol–water partition coefficient (Wildman–Crippen LogP) is -0.349. The van der Waals surface area contributed by atoms with Gasteiger partial charge in [0.25, 0.3) is 5.91 Å². The topological polar surface area (TPSA) is 84.9 Å². The first-order chi connectivity index (χ1) is 8.59. The first-order valence-electron chi connectivity index (χ1n) is 5.96. The Bertz CT molecular complexity index is 376. The van der Waals surface area contributed by atoms with Crippen LogP contribution in [0.25, 0.3) is 0 Å². The minimum atomic E-state index is -0.887. The van der Waals surface area contributed by atoms with Crippen LogP contribution in [0.15, 0.2) is 0 Å². The molecule has 7 nitrogen and oxygen atoms in total. The molecular weight excluding hydrogens is 240 g/mol. The minimum absolute atomic E-state index is 0.224. The van der Waals surface area contributed by atoms with Crippen LogP contribution in [0.1, 0.15) is 19.8 Å². The number of esters is 1. The van der Waals surface area contributed by atoms with Crippen molar-refractivity contribution >= 4 is 17.9 Å². The molecule has 0 atom stereocenters. The second-order valence-corrected chi connectivity index (χ2v) is 4.32. The van der Waals surface area contributed by atoms with Gasteiger partial charge < -0.3 is 14.8 Å². The Hall–Kier alpha value is -1.63. The monoisotopic (exact) mass is 256 g/mol. The molecule has 2 aliphatic heterocycles. The van der Waals surface area contributed by atoms with Crippen LogP contribution >= 0.6 is 0 Å². The summed E-state index contributed by atoms with van der Waals surface area (Å²) in [5.74, 6) is -0.936. The quantitative estimate of drug-likeness (QED) is 0.551. The molecule has 100 valence electrons.